The normalized spacial score (nSPS) is 11.2. The molecule has 5 rings (SSSR count). The zero-order valence-corrected chi connectivity index (χ0v) is 18.4. The van der Waals surface area contributed by atoms with E-state index in [1.54, 1.807) is 11.3 Å². The Hall–Kier alpha value is -3.71. The third-order valence-corrected chi connectivity index (χ3v) is 6.46. The highest BCUT2D eigenvalue weighted by molar-refractivity contribution is 7.22. The topological polar surface area (TPSA) is 83.7 Å². The minimum atomic E-state index is -0.213. The molecule has 6 nitrogen and oxygen atoms in total. The van der Waals surface area contributed by atoms with E-state index < -0.39 is 0 Å². The van der Waals surface area contributed by atoms with Gasteiger partial charge in [-0.3, -0.25) is 9.89 Å². The average molecular weight is 443 g/mol. The van der Waals surface area contributed by atoms with Gasteiger partial charge in [0.2, 0.25) is 0 Å². The van der Waals surface area contributed by atoms with Crippen LogP contribution in [0.2, 0.25) is 0 Å². The second kappa shape index (κ2) is 8.80. The van der Waals surface area contributed by atoms with E-state index >= 15 is 0 Å². The number of hydrogen-bond donors (Lipinski definition) is 2. The number of nitrogens with zero attached hydrogens (tertiary/aromatic N) is 2. The summed E-state index contributed by atoms with van der Waals surface area (Å²) in [6.45, 7) is 2.84. The van der Waals surface area contributed by atoms with Gasteiger partial charge in [-0.05, 0) is 59.8 Å². The number of H-pyrrole nitrogens is 2. The molecule has 0 fully saturated rings. The Kier molecular flexibility index (Phi) is 5.56. The van der Waals surface area contributed by atoms with Crippen LogP contribution in [-0.4, -0.2) is 26.8 Å². The Bertz CT molecular complexity index is 1370. The van der Waals surface area contributed by atoms with Crippen LogP contribution in [0.25, 0.3) is 43.2 Å². The van der Waals surface area contributed by atoms with Gasteiger partial charge < -0.3 is 9.72 Å². The molecule has 0 saturated carbocycles. The van der Waals surface area contributed by atoms with Gasteiger partial charge in [0.15, 0.2) is 5.82 Å². The van der Waals surface area contributed by atoms with Crippen LogP contribution in [-0.2, 0) is 0 Å². The van der Waals surface area contributed by atoms with Crippen LogP contribution in [0, 0.1) is 0 Å². The van der Waals surface area contributed by atoms with Crippen LogP contribution < -0.4 is 10.3 Å². The lowest BCUT2D eigenvalue weighted by atomic mass is 10.0. The second-order valence-electron chi connectivity index (χ2n) is 7.51. The van der Waals surface area contributed by atoms with Gasteiger partial charge in [0.1, 0.15) is 12.1 Å². The summed E-state index contributed by atoms with van der Waals surface area (Å²) >= 11 is 1.65. The lowest BCUT2D eigenvalue weighted by molar-refractivity contribution is 0.309. The maximum atomic E-state index is 13.2. The first kappa shape index (κ1) is 20.2. The minimum Gasteiger partial charge on any atom is -0.494 e. The average Bonchev–Trinajstić information content (AvgIpc) is 3.49. The number of ether oxygens (including phenoxy) is 1. The van der Waals surface area contributed by atoms with E-state index in [0.29, 0.717) is 18.0 Å². The van der Waals surface area contributed by atoms with Crippen molar-refractivity contribution < 1.29 is 4.74 Å². The zero-order chi connectivity index (χ0) is 21.9. The van der Waals surface area contributed by atoms with E-state index in [-0.39, 0.29) is 5.56 Å². The van der Waals surface area contributed by atoms with E-state index in [2.05, 4.69) is 45.3 Å². The van der Waals surface area contributed by atoms with E-state index in [0.717, 1.165) is 45.7 Å². The maximum Gasteiger partial charge on any atom is 0.260 e. The number of fused-ring (bicyclic) bond motifs is 1. The molecular formula is C25H22N4O2S. The van der Waals surface area contributed by atoms with Gasteiger partial charge in [-0.25, -0.2) is 4.98 Å². The third kappa shape index (κ3) is 3.94. The lowest BCUT2D eigenvalue weighted by Crippen LogP contribution is -2.12. The summed E-state index contributed by atoms with van der Waals surface area (Å²) in [6, 6.07) is 20.1. The zero-order valence-electron chi connectivity index (χ0n) is 17.6. The molecule has 0 atom stereocenters. The number of unbranched alkanes of at least 4 members (excludes halogenated alkanes) is 1. The molecule has 0 aliphatic rings. The van der Waals surface area contributed by atoms with Crippen molar-refractivity contribution in [3.63, 3.8) is 0 Å². The fraction of sp³-hybridized carbons (Fsp3) is 0.160. The SMILES string of the molecule is CCCCOc1ccc(-c2cc(-c3cc4ccccc4s3)c(-c3ncn[nH]3)c(=O)[nH]2)cc1. The van der Waals surface area contributed by atoms with Crippen molar-refractivity contribution in [2.24, 2.45) is 0 Å². The molecule has 0 spiro atoms. The molecule has 2 N–H and O–H groups in total. The molecule has 7 heteroatoms. The van der Waals surface area contributed by atoms with Crippen molar-refractivity contribution in [3.8, 4) is 38.8 Å². The van der Waals surface area contributed by atoms with Crippen molar-refractivity contribution in [2.75, 3.05) is 6.61 Å². The summed E-state index contributed by atoms with van der Waals surface area (Å²) < 4.78 is 6.93. The number of thiophene rings is 1. The number of nitrogens with one attached hydrogen (secondary N) is 2. The Morgan fingerprint density at radius 3 is 2.66 bits per heavy atom. The Labute approximate surface area is 188 Å². The number of hydrogen-bond acceptors (Lipinski definition) is 5. The van der Waals surface area contributed by atoms with Gasteiger partial charge in [0.05, 0.1) is 12.2 Å². The number of aromatic amines is 2. The van der Waals surface area contributed by atoms with E-state index in [1.807, 2.05) is 42.5 Å². The molecule has 0 saturated heterocycles. The van der Waals surface area contributed by atoms with E-state index in [4.69, 9.17) is 4.74 Å². The van der Waals surface area contributed by atoms with Crippen molar-refractivity contribution in [1.29, 1.82) is 0 Å². The standard InChI is InChI=1S/C25H22N4O2S/c1-2-3-12-31-18-10-8-16(9-11-18)20-14-19(22-13-17-6-4-5-7-21(17)32-22)23(25(30)28-20)24-26-15-27-29-24/h4-11,13-15H,2-3,12H2,1H3,(H,28,30)(H,26,27,29). The van der Waals surface area contributed by atoms with Crippen LogP contribution in [0.4, 0.5) is 0 Å². The molecule has 32 heavy (non-hydrogen) atoms. The highest BCUT2D eigenvalue weighted by Crippen LogP contribution is 2.38. The Morgan fingerprint density at radius 1 is 1.06 bits per heavy atom. The number of pyridine rings is 1. The monoisotopic (exact) mass is 442 g/mol. The molecule has 0 aliphatic carbocycles. The van der Waals surface area contributed by atoms with Crippen molar-refractivity contribution in [2.45, 2.75) is 19.8 Å². The van der Waals surface area contributed by atoms with Gasteiger partial charge in [-0.15, -0.1) is 11.3 Å². The Balaban J connectivity index is 1.60. The van der Waals surface area contributed by atoms with Gasteiger partial charge in [-0.1, -0.05) is 31.5 Å². The molecule has 0 bridgehead atoms. The summed E-state index contributed by atoms with van der Waals surface area (Å²) in [6.07, 6.45) is 3.53. The summed E-state index contributed by atoms with van der Waals surface area (Å²) in [5.41, 5.74) is 2.75. The fourth-order valence-corrected chi connectivity index (χ4v) is 4.74. The predicted octanol–water partition coefficient (Wildman–Crippen LogP) is 5.89. The molecule has 3 heterocycles. The van der Waals surface area contributed by atoms with Gasteiger partial charge in [-0.2, -0.15) is 5.10 Å². The first-order chi connectivity index (χ1) is 15.7. The predicted molar refractivity (Wildman–Crippen MR) is 129 cm³/mol. The van der Waals surface area contributed by atoms with Crippen molar-refractivity contribution in [3.05, 3.63) is 77.3 Å². The minimum absolute atomic E-state index is 0.213. The quantitative estimate of drug-likeness (QED) is 0.308. The van der Waals surface area contributed by atoms with Crippen LogP contribution in [0.3, 0.4) is 0 Å². The van der Waals surface area contributed by atoms with Crippen LogP contribution in [0.15, 0.2) is 71.8 Å². The fourth-order valence-electron chi connectivity index (χ4n) is 3.65. The second-order valence-corrected chi connectivity index (χ2v) is 8.59. The van der Waals surface area contributed by atoms with Crippen LogP contribution >= 0.6 is 11.3 Å². The van der Waals surface area contributed by atoms with Crippen LogP contribution in [0.5, 0.6) is 5.75 Å². The molecule has 160 valence electrons. The molecular weight excluding hydrogens is 420 g/mol. The van der Waals surface area contributed by atoms with Crippen molar-refractivity contribution >= 4 is 21.4 Å². The smallest absolute Gasteiger partial charge is 0.260 e. The summed E-state index contributed by atoms with van der Waals surface area (Å²) in [5.74, 6) is 1.28. The Morgan fingerprint density at radius 2 is 1.91 bits per heavy atom. The van der Waals surface area contributed by atoms with Gasteiger partial charge in [0, 0.05) is 20.8 Å². The number of rotatable bonds is 7. The van der Waals surface area contributed by atoms with Crippen LogP contribution in [0.1, 0.15) is 19.8 Å². The maximum absolute atomic E-state index is 13.2. The van der Waals surface area contributed by atoms with E-state index in [9.17, 15) is 4.79 Å². The van der Waals surface area contributed by atoms with Gasteiger partial charge in [0.25, 0.3) is 5.56 Å². The number of aromatic nitrogens is 4. The summed E-state index contributed by atoms with van der Waals surface area (Å²) in [5, 5.41) is 7.92. The highest BCUT2D eigenvalue weighted by Gasteiger charge is 2.18. The largest absolute Gasteiger partial charge is 0.494 e. The first-order valence-electron chi connectivity index (χ1n) is 10.6. The molecule has 2 aromatic carbocycles. The highest BCUT2D eigenvalue weighted by atomic mass is 32.1. The summed E-state index contributed by atoms with van der Waals surface area (Å²) in [7, 11) is 0. The van der Waals surface area contributed by atoms with E-state index in [1.165, 1.54) is 11.0 Å². The van der Waals surface area contributed by atoms with Gasteiger partial charge >= 0.3 is 0 Å². The molecule has 3 aromatic heterocycles. The molecule has 5 aromatic rings. The molecule has 0 amide bonds. The third-order valence-electron chi connectivity index (χ3n) is 5.31. The summed E-state index contributed by atoms with van der Waals surface area (Å²) in [4.78, 5) is 21.5. The molecule has 0 radical (unpaired) electrons. The molecule has 0 unspecified atom stereocenters. The number of benzene rings is 2. The lowest BCUT2D eigenvalue weighted by Gasteiger charge is -2.10. The van der Waals surface area contributed by atoms with Crippen molar-refractivity contribution in [1.82, 2.24) is 20.2 Å². The molecule has 0 aliphatic heterocycles. The first-order valence-corrected chi connectivity index (χ1v) is 11.4.